The Bertz CT molecular complexity index is 180. The average Bonchev–Trinajstić information content (AvgIpc) is 2.26. The lowest BCUT2D eigenvalue weighted by atomic mass is 9.98. The minimum Gasteiger partial charge on any atom is -0.462 e. The predicted octanol–water partition coefficient (Wildman–Crippen LogP) is 4.68. The Hall–Kier alpha value is 0.0500. The SMILES string of the molecule is CCCCCCC(=O)OC1CCCCC1.Cl.Cl. The van der Waals surface area contributed by atoms with Gasteiger partial charge in [-0.15, -0.1) is 24.8 Å². The second-order valence-corrected chi connectivity index (χ2v) is 4.56. The van der Waals surface area contributed by atoms with Gasteiger partial charge in [0.2, 0.25) is 0 Å². The molecular weight excluding hydrogens is 259 g/mol. The highest BCUT2D eigenvalue weighted by atomic mass is 35.5. The summed E-state index contributed by atoms with van der Waals surface area (Å²) in [7, 11) is 0. The molecule has 0 aliphatic heterocycles. The summed E-state index contributed by atoms with van der Waals surface area (Å²) in [6, 6.07) is 0. The van der Waals surface area contributed by atoms with Gasteiger partial charge in [0.15, 0.2) is 0 Å². The monoisotopic (exact) mass is 284 g/mol. The molecular formula is C13H26Cl2O2. The molecule has 0 aromatic heterocycles. The van der Waals surface area contributed by atoms with E-state index < -0.39 is 0 Å². The Kier molecular flexibility index (Phi) is 14.3. The molecule has 4 heteroatoms. The van der Waals surface area contributed by atoms with Crippen molar-refractivity contribution >= 4 is 30.8 Å². The summed E-state index contributed by atoms with van der Waals surface area (Å²) in [5, 5.41) is 0. The summed E-state index contributed by atoms with van der Waals surface area (Å²) in [5.41, 5.74) is 0. The number of carbonyl (C=O) groups excluding carboxylic acids is 1. The van der Waals surface area contributed by atoms with E-state index in [0.717, 1.165) is 25.7 Å². The largest absolute Gasteiger partial charge is 0.462 e. The van der Waals surface area contributed by atoms with Crippen LogP contribution < -0.4 is 0 Å². The highest BCUT2D eigenvalue weighted by molar-refractivity contribution is 5.85. The van der Waals surface area contributed by atoms with Crippen LogP contribution in [-0.4, -0.2) is 12.1 Å². The van der Waals surface area contributed by atoms with Gasteiger partial charge < -0.3 is 4.74 Å². The highest BCUT2D eigenvalue weighted by Crippen LogP contribution is 2.20. The van der Waals surface area contributed by atoms with Gasteiger partial charge in [0, 0.05) is 6.42 Å². The van der Waals surface area contributed by atoms with E-state index in [1.165, 1.54) is 32.1 Å². The average molecular weight is 285 g/mol. The molecule has 1 fully saturated rings. The summed E-state index contributed by atoms with van der Waals surface area (Å²) >= 11 is 0. The zero-order valence-electron chi connectivity index (χ0n) is 10.8. The van der Waals surface area contributed by atoms with Crippen LogP contribution in [0.1, 0.15) is 71.1 Å². The lowest BCUT2D eigenvalue weighted by Crippen LogP contribution is -2.20. The first-order chi connectivity index (χ1) is 7.33. The molecule has 17 heavy (non-hydrogen) atoms. The number of unbranched alkanes of at least 4 members (excludes halogenated alkanes) is 3. The van der Waals surface area contributed by atoms with Crippen LogP contribution in [0.2, 0.25) is 0 Å². The molecule has 1 rings (SSSR count). The molecule has 0 saturated heterocycles. The van der Waals surface area contributed by atoms with Gasteiger partial charge >= 0.3 is 5.97 Å². The van der Waals surface area contributed by atoms with Gasteiger partial charge in [-0.2, -0.15) is 0 Å². The molecule has 0 aromatic carbocycles. The number of rotatable bonds is 6. The summed E-state index contributed by atoms with van der Waals surface area (Å²) in [4.78, 5) is 11.5. The predicted molar refractivity (Wildman–Crippen MR) is 76.2 cm³/mol. The summed E-state index contributed by atoms with van der Waals surface area (Å²) in [5.74, 6) is 0.0259. The zero-order valence-corrected chi connectivity index (χ0v) is 12.4. The smallest absolute Gasteiger partial charge is 0.306 e. The number of carbonyl (C=O) groups is 1. The number of ether oxygens (including phenoxy) is 1. The van der Waals surface area contributed by atoms with Crippen LogP contribution in [0, 0.1) is 0 Å². The first kappa shape index (κ1) is 19.4. The van der Waals surface area contributed by atoms with E-state index in [2.05, 4.69) is 6.92 Å². The molecule has 0 aromatic rings. The van der Waals surface area contributed by atoms with Crippen molar-refractivity contribution in [3.8, 4) is 0 Å². The van der Waals surface area contributed by atoms with Crippen molar-refractivity contribution in [2.24, 2.45) is 0 Å². The molecule has 0 spiro atoms. The van der Waals surface area contributed by atoms with Crippen molar-refractivity contribution in [1.29, 1.82) is 0 Å². The molecule has 0 amide bonds. The third-order valence-corrected chi connectivity index (χ3v) is 3.08. The van der Waals surface area contributed by atoms with E-state index >= 15 is 0 Å². The lowest BCUT2D eigenvalue weighted by Gasteiger charge is -2.21. The van der Waals surface area contributed by atoms with Crippen LogP contribution in [0.25, 0.3) is 0 Å². The second kappa shape index (κ2) is 12.5. The standard InChI is InChI=1S/C13H24O2.2ClH/c1-2-3-4-8-11-13(14)15-12-9-6-5-7-10-12;;/h12H,2-11H2,1H3;2*1H. The Morgan fingerprint density at radius 2 is 1.71 bits per heavy atom. The van der Waals surface area contributed by atoms with E-state index in [1.807, 2.05) is 0 Å². The molecule has 0 N–H and O–H groups in total. The van der Waals surface area contributed by atoms with E-state index in [4.69, 9.17) is 4.74 Å². The summed E-state index contributed by atoms with van der Waals surface area (Å²) in [6.45, 7) is 2.18. The highest BCUT2D eigenvalue weighted by Gasteiger charge is 2.16. The summed E-state index contributed by atoms with van der Waals surface area (Å²) in [6.07, 6.45) is 11.4. The van der Waals surface area contributed by atoms with Crippen molar-refractivity contribution in [3.05, 3.63) is 0 Å². The van der Waals surface area contributed by atoms with Crippen LogP contribution in [0.5, 0.6) is 0 Å². The van der Waals surface area contributed by atoms with E-state index in [9.17, 15) is 4.79 Å². The molecule has 0 bridgehead atoms. The van der Waals surface area contributed by atoms with Crippen LogP contribution in [-0.2, 0) is 9.53 Å². The normalized spacial score (nSPS) is 15.6. The minimum absolute atomic E-state index is 0. The third kappa shape index (κ3) is 9.72. The fourth-order valence-corrected chi connectivity index (χ4v) is 2.12. The van der Waals surface area contributed by atoms with Crippen molar-refractivity contribution in [2.75, 3.05) is 0 Å². The van der Waals surface area contributed by atoms with Gasteiger partial charge in [-0.05, 0) is 32.1 Å². The quantitative estimate of drug-likeness (QED) is 0.523. The van der Waals surface area contributed by atoms with Gasteiger partial charge in [-0.25, -0.2) is 0 Å². The molecule has 0 radical (unpaired) electrons. The maximum absolute atomic E-state index is 11.5. The van der Waals surface area contributed by atoms with Crippen molar-refractivity contribution < 1.29 is 9.53 Å². The van der Waals surface area contributed by atoms with Gasteiger partial charge in [-0.3, -0.25) is 4.79 Å². The number of esters is 1. The Labute approximate surface area is 118 Å². The van der Waals surface area contributed by atoms with E-state index in [1.54, 1.807) is 0 Å². The van der Waals surface area contributed by atoms with Crippen molar-refractivity contribution in [3.63, 3.8) is 0 Å². The topological polar surface area (TPSA) is 26.3 Å². The van der Waals surface area contributed by atoms with Crippen LogP contribution in [0.4, 0.5) is 0 Å². The zero-order chi connectivity index (χ0) is 10.9. The first-order valence-electron chi connectivity index (χ1n) is 6.52. The molecule has 1 aliphatic rings. The lowest BCUT2D eigenvalue weighted by molar-refractivity contribution is -0.150. The Balaban J connectivity index is 0. The molecule has 0 heterocycles. The van der Waals surface area contributed by atoms with Crippen LogP contribution >= 0.6 is 24.8 Å². The Morgan fingerprint density at radius 1 is 1.06 bits per heavy atom. The minimum atomic E-state index is 0. The number of hydrogen-bond acceptors (Lipinski definition) is 2. The van der Waals surface area contributed by atoms with E-state index in [0.29, 0.717) is 6.42 Å². The molecule has 104 valence electrons. The van der Waals surface area contributed by atoms with Gasteiger partial charge in [0.25, 0.3) is 0 Å². The third-order valence-electron chi connectivity index (χ3n) is 3.08. The maximum atomic E-state index is 11.5. The Morgan fingerprint density at radius 3 is 2.29 bits per heavy atom. The van der Waals surface area contributed by atoms with E-state index in [-0.39, 0.29) is 36.9 Å². The number of halogens is 2. The van der Waals surface area contributed by atoms with Crippen LogP contribution in [0.3, 0.4) is 0 Å². The molecule has 0 atom stereocenters. The molecule has 2 nitrogen and oxygen atoms in total. The summed E-state index contributed by atoms with van der Waals surface area (Å²) < 4.78 is 5.43. The van der Waals surface area contributed by atoms with Gasteiger partial charge in [0.05, 0.1) is 0 Å². The van der Waals surface area contributed by atoms with Crippen molar-refractivity contribution in [2.45, 2.75) is 77.2 Å². The second-order valence-electron chi connectivity index (χ2n) is 4.56. The first-order valence-corrected chi connectivity index (χ1v) is 6.52. The van der Waals surface area contributed by atoms with Crippen molar-refractivity contribution in [1.82, 2.24) is 0 Å². The van der Waals surface area contributed by atoms with Crippen LogP contribution in [0.15, 0.2) is 0 Å². The maximum Gasteiger partial charge on any atom is 0.306 e. The fourth-order valence-electron chi connectivity index (χ4n) is 2.12. The fraction of sp³-hybridized carbons (Fsp3) is 0.923. The number of hydrogen-bond donors (Lipinski definition) is 0. The molecule has 0 unspecified atom stereocenters. The molecule has 1 saturated carbocycles. The molecule has 1 aliphatic carbocycles. The van der Waals surface area contributed by atoms with Gasteiger partial charge in [0.1, 0.15) is 6.10 Å². The van der Waals surface area contributed by atoms with Gasteiger partial charge in [-0.1, -0.05) is 32.6 Å².